The number of hydrogen-bond donors (Lipinski definition) is 2. The molecule has 2 fully saturated rings. The van der Waals surface area contributed by atoms with Crippen LogP contribution in [0, 0.1) is 0 Å². The number of likely N-dealkylation sites (tertiary alicyclic amines) is 1. The smallest absolute Gasteiger partial charge is 0.410 e. The van der Waals surface area contributed by atoms with E-state index in [1.54, 1.807) is 11.1 Å². The van der Waals surface area contributed by atoms with Gasteiger partial charge in [0.05, 0.1) is 17.7 Å². The molecule has 0 aromatic carbocycles. The number of rotatable bonds is 6. The zero-order valence-electron chi connectivity index (χ0n) is 18.5. The molecule has 168 valence electrons. The van der Waals surface area contributed by atoms with Gasteiger partial charge in [-0.2, -0.15) is 0 Å². The minimum atomic E-state index is -0.803. The first-order valence-corrected chi connectivity index (χ1v) is 11.0. The van der Waals surface area contributed by atoms with Gasteiger partial charge in [-0.25, -0.2) is 4.79 Å². The second-order valence-electron chi connectivity index (χ2n) is 9.28. The van der Waals surface area contributed by atoms with Crippen LogP contribution in [-0.4, -0.2) is 66.7 Å². The van der Waals surface area contributed by atoms with Crippen molar-refractivity contribution in [1.82, 2.24) is 10.2 Å². The van der Waals surface area contributed by atoms with Crippen LogP contribution in [-0.2, 0) is 14.2 Å². The van der Waals surface area contributed by atoms with Crippen molar-refractivity contribution < 1.29 is 19.0 Å². The normalized spacial score (nSPS) is 27.1. The van der Waals surface area contributed by atoms with Gasteiger partial charge in [-0.15, -0.1) is 0 Å². The summed E-state index contributed by atoms with van der Waals surface area (Å²) in [4.78, 5) is 14.3. The number of ether oxygens (including phenoxy) is 3. The van der Waals surface area contributed by atoms with Crippen LogP contribution in [0.15, 0.2) is 11.2 Å². The average Bonchev–Trinajstić information content (AvgIpc) is 3.00. The number of carbonyl (C=O) groups is 1. The highest BCUT2D eigenvalue weighted by molar-refractivity contribution is 6.30. The van der Waals surface area contributed by atoms with E-state index in [9.17, 15) is 4.79 Å². The molecule has 1 amide bonds. The molecule has 3 N–H and O–H groups in total. The van der Waals surface area contributed by atoms with E-state index >= 15 is 0 Å². The van der Waals surface area contributed by atoms with Crippen molar-refractivity contribution in [3.8, 4) is 0 Å². The molecule has 2 heterocycles. The number of amides is 1. The first-order chi connectivity index (χ1) is 13.5. The van der Waals surface area contributed by atoms with Crippen molar-refractivity contribution in [3.05, 3.63) is 11.2 Å². The standard InChI is InChI=1S/C21H38ClN3O4/c1-15(23)21(5,28-17-9-11-27-14-17)18(22)12-24-16-8-6-7-10-25(13-16)19(26)29-20(2,3)4/h12,15-17,24H,6-11,13-14,23H2,1-5H3/b18-12-/t15-,16+,17+,21?/m0/s1. The van der Waals surface area contributed by atoms with Gasteiger partial charge in [-0.05, 0) is 60.3 Å². The fourth-order valence-electron chi connectivity index (χ4n) is 3.44. The van der Waals surface area contributed by atoms with Crippen molar-refractivity contribution in [2.45, 2.75) is 89.7 Å². The number of halogens is 1. The highest BCUT2D eigenvalue weighted by Crippen LogP contribution is 2.31. The molecule has 2 rings (SSSR count). The quantitative estimate of drug-likeness (QED) is 0.670. The molecule has 0 aromatic rings. The zero-order chi connectivity index (χ0) is 21.7. The van der Waals surface area contributed by atoms with Gasteiger partial charge < -0.3 is 30.2 Å². The lowest BCUT2D eigenvalue weighted by Crippen LogP contribution is -2.49. The molecule has 0 spiro atoms. The number of hydrogen-bond acceptors (Lipinski definition) is 6. The molecule has 1 unspecified atom stereocenters. The third-order valence-corrected chi connectivity index (χ3v) is 5.90. The molecule has 0 aliphatic carbocycles. The van der Waals surface area contributed by atoms with Gasteiger partial charge in [0, 0.05) is 38.0 Å². The van der Waals surface area contributed by atoms with Gasteiger partial charge in [0.25, 0.3) is 0 Å². The molecule has 0 radical (unpaired) electrons. The summed E-state index contributed by atoms with van der Waals surface area (Å²) in [5, 5.41) is 3.91. The summed E-state index contributed by atoms with van der Waals surface area (Å²) < 4.78 is 17.2. The van der Waals surface area contributed by atoms with E-state index in [0.717, 1.165) is 25.7 Å². The molecule has 8 heteroatoms. The highest BCUT2D eigenvalue weighted by Gasteiger charge is 2.37. The van der Waals surface area contributed by atoms with E-state index in [1.807, 2.05) is 34.6 Å². The van der Waals surface area contributed by atoms with Crippen LogP contribution >= 0.6 is 11.6 Å². The summed E-state index contributed by atoms with van der Waals surface area (Å²) in [5.41, 5.74) is 4.91. The Kier molecular flexibility index (Phi) is 8.64. The van der Waals surface area contributed by atoms with Crippen molar-refractivity contribution >= 4 is 17.7 Å². The van der Waals surface area contributed by atoms with Gasteiger partial charge in [0.15, 0.2) is 0 Å². The summed E-state index contributed by atoms with van der Waals surface area (Å²) in [5.74, 6) is 0. The molecule has 4 atom stereocenters. The number of nitrogens with zero attached hydrogens (tertiary/aromatic N) is 1. The summed E-state index contributed by atoms with van der Waals surface area (Å²) in [6, 6.07) is -0.202. The zero-order valence-corrected chi connectivity index (χ0v) is 19.3. The lowest BCUT2D eigenvalue weighted by Gasteiger charge is -2.36. The van der Waals surface area contributed by atoms with Gasteiger partial charge in [-0.1, -0.05) is 11.6 Å². The minimum Gasteiger partial charge on any atom is -0.444 e. The predicted molar refractivity (Wildman–Crippen MR) is 115 cm³/mol. The third-order valence-electron chi connectivity index (χ3n) is 5.41. The SMILES string of the molecule is C[C@H](N)C(C)(O[C@@H]1CCOC1)/C(Cl)=C/N[C@@H]1CCCCN(C(=O)OC(C)(C)C)C1. The maximum atomic E-state index is 12.5. The maximum Gasteiger partial charge on any atom is 0.410 e. The van der Waals surface area contributed by atoms with Crippen molar-refractivity contribution in [1.29, 1.82) is 0 Å². The Morgan fingerprint density at radius 3 is 2.62 bits per heavy atom. The Morgan fingerprint density at radius 1 is 1.31 bits per heavy atom. The predicted octanol–water partition coefficient (Wildman–Crippen LogP) is 3.36. The summed E-state index contributed by atoms with van der Waals surface area (Å²) >= 11 is 6.66. The molecule has 29 heavy (non-hydrogen) atoms. The topological polar surface area (TPSA) is 86.1 Å². The van der Waals surface area contributed by atoms with Crippen LogP contribution in [0.1, 0.15) is 60.3 Å². The molecular weight excluding hydrogens is 394 g/mol. The summed E-state index contributed by atoms with van der Waals surface area (Å²) in [7, 11) is 0. The van der Waals surface area contributed by atoms with Gasteiger partial charge >= 0.3 is 6.09 Å². The lowest BCUT2D eigenvalue weighted by atomic mass is 9.97. The number of nitrogens with two attached hydrogens (primary N) is 1. The van der Waals surface area contributed by atoms with Crippen molar-refractivity contribution in [2.24, 2.45) is 5.73 Å². The fourth-order valence-corrected chi connectivity index (χ4v) is 3.72. The average molecular weight is 432 g/mol. The molecule has 7 nitrogen and oxygen atoms in total. The maximum absolute atomic E-state index is 12.5. The molecule has 2 aliphatic rings. The van der Waals surface area contributed by atoms with Crippen LogP contribution in [0.4, 0.5) is 4.79 Å². The molecule has 0 saturated carbocycles. The van der Waals surface area contributed by atoms with Crippen LogP contribution in [0.3, 0.4) is 0 Å². The van der Waals surface area contributed by atoms with Crippen LogP contribution in [0.2, 0.25) is 0 Å². The Labute approximate surface area is 180 Å². The van der Waals surface area contributed by atoms with Gasteiger partial charge in [-0.3, -0.25) is 0 Å². The Bertz CT molecular complexity index is 573. The summed E-state index contributed by atoms with van der Waals surface area (Å²) in [6.07, 6.45) is 5.28. The third kappa shape index (κ3) is 7.31. The van der Waals surface area contributed by atoms with Crippen molar-refractivity contribution in [3.63, 3.8) is 0 Å². The van der Waals surface area contributed by atoms with E-state index < -0.39 is 11.2 Å². The Hall–Kier alpha value is -1.02. The van der Waals surface area contributed by atoms with E-state index in [0.29, 0.717) is 31.3 Å². The molecule has 2 saturated heterocycles. The van der Waals surface area contributed by atoms with Gasteiger partial charge in [0.1, 0.15) is 11.2 Å². The highest BCUT2D eigenvalue weighted by atomic mass is 35.5. The van der Waals surface area contributed by atoms with Crippen molar-refractivity contribution in [2.75, 3.05) is 26.3 Å². The first kappa shape index (κ1) is 24.3. The van der Waals surface area contributed by atoms with Crippen LogP contribution < -0.4 is 11.1 Å². The van der Waals surface area contributed by atoms with E-state index in [2.05, 4.69) is 5.32 Å². The number of nitrogens with one attached hydrogen (secondary N) is 1. The van der Waals surface area contributed by atoms with E-state index in [4.69, 9.17) is 31.5 Å². The fraction of sp³-hybridized carbons (Fsp3) is 0.857. The molecule has 0 aromatic heterocycles. The largest absolute Gasteiger partial charge is 0.444 e. The first-order valence-electron chi connectivity index (χ1n) is 10.6. The monoisotopic (exact) mass is 431 g/mol. The summed E-state index contributed by atoms with van der Waals surface area (Å²) in [6.45, 7) is 12.0. The van der Waals surface area contributed by atoms with E-state index in [1.165, 1.54) is 0 Å². The Balaban J connectivity index is 2.01. The Morgan fingerprint density at radius 2 is 2.03 bits per heavy atom. The second-order valence-corrected chi connectivity index (χ2v) is 9.68. The van der Waals surface area contributed by atoms with Crippen LogP contribution in [0.5, 0.6) is 0 Å². The lowest BCUT2D eigenvalue weighted by molar-refractivity contribution is -0.0672. The molecular formula is C21H38ClN3O4. The number of carbonyl (C=O) groups excluding carboxylic acids is 1. The van der Waals surface area contributed by atoms with E-state index in [-0.39, 0.29) is 24.3 Å². The second kappa shape index (κ2) is 10.3. The molecule has 2 aliphatic heterocycles. The molecule has 0 bridgehead atoms. The van der Waals surface area contributed by atoms with Crippen LogP contribution in [0.25, 0.3) is 0 Å². The van der Waals surface area contributed by atoms with Gasteiger partial charge in [0.2, 0.25) is 0 Å². The minimum absolute atomic E-state index is 0.00584.